The number of hydrogen-bond donors (Lipinski definition) is 1. The molecule has 0 bridgehead atoms. The first-order chi connectivity index (χ1) is 10.9. The van der Waals surface area contributed by atoms with Gasteiger partial charge in [-0.3, -0.25) is 9.35 Å². The van der Waals surface area contributed by atoms with Crippen molar-refractivity contribution >= 4 is 27.8 Å². The molecular formula is C13H16ClN3O5S. The first-order valence-corrected chi connectivity index (χ1v) is 8.90. The van der Waals surface area contributed by atoms with Gasteiger partial charge in [0, 0.05) is 26.1 Å². The van der Waals surface area contributed by atoms with Crippen LogP contribution in [0.3, 0.4) is 0 Å². The highest BCUT2D eigenvalue weighted by molar-refractivity contribution is 7.83. The Labute approximate surface area is 138 Å². The Morgan fingerprint density at radius 3 is 2.91 bits per heavy atom. The molecule has 1 saturated heterocycles. The van der Waals surface area contributed by atoms with Crippen molar-refractivity contribution in [1.82, 2.24) is 14.2 Å². The van der Waals surface area contributed by atoms with Crippen molar-refractivity contribution < 1.29 is 22.5 Å². The smallest absolute Gasteiger partial charge is 0.336 e. The van der Waals surface area contributed by atoms with Crippen molar-refractivity contribution in [3.8, 4) is 0 Å². The summed E-state index contributed by atoms with van der Waals surface area (Å²) in [6.45, 7) is 0.986. The molecule has 2 aliphatic heterocycles. The standard InChI is InChI=1S/C13H16ClN3O5S/c14-12-2-1-10-11(15-12)3-4-16(13(10)18)7-9-8-22-6-5-17(9)23(19,20)21/h1-2,9H,3-8H2,(H,19,20,21)/t9-/m0/s1. The number of fused-ring (bicyclic) bond motifs is 1. The van der Waals surface area contributed by atoms with E-state index in [4.69, 9.17) is 16.3 Å². The summed E-state index contributed by atoms with van der Waals surface area (Å²) >= 11 is 5.83. The molecule has 1 N–H and O–H groups in total. The molecule has 0 radical (unpaired) electrons. The maximum absolute atomic E-state index is 12.5. The van der Waals surface area contributed by atoms with E-state index in [0.29, 0.717) is 29.4 Å². The number of rotatable bonds is 3. The number of amides is 1. The highest BCUT2D eigenvalue weighted by Crippen LogP contribution is 2.21. The molecule has 10 heteroatoms. The van der Waals surface area contributed by atoms with Crippen molar-refractivity contribution in [2.24, 2.45) is 0 Å². The van der Waals surface area contributed by atoms with Crippen LogP contribution in [-0.2, 0) is 21.5 Å². The fourth-order valence-electron chi connectivity index (χ4n) is 2.89. The van der Waals surface area contributed by atoms with E-state index in [-0.39, 0.29) is 32.2 Å². The van der Waals surface area contributed by atoms with Crippen LogP contribution in [0.1, 0.15) is 16.1 Å². The lowest BCUT2D eigenvalue weighted by Gasteiger charge is -2.37. The topological polar surface area (TPSA) is 100 Å². The third-order valence-corrected chi connectivity index (χ3v) is 5.26. The lowest BCUT2D eigenvalue weighted by molar-refractivity contribution is 0.0141. The molecule has 3 heterocycles. The Kier molecular flexibility index (Phi) is 4.56. The summed E-state index contributed by atoms with van der Waals surface area (Å²) in [4.78, 5) is 18.2. The Balaban J connectivity index is 1.78. The van der Waals surface area contributed by atoms with E-state index in [1.165, 1.54) is 0 Å². The lowest BCUT2D eigenvalue weighted by Crippen LogP contribution is -2.55. The van der Waals surface area contributed by atoms with Gasteiger partial charge in [0.1, 0.15) is 5.15 Å². The second-order valence-corrected chi connectivity index (χ2v) is 7.20. The largest absolute Gasteiger partial charge is 0.378 e. The Hall–Kier alpha value is -1.26. The molecule has 1 aromatic heterocycles. The Morgan fingerprint density at radius 1 is 1.39 bits per heavy atom. The predicted molar refractivity (Wildman–Crippen MR) is 81.7 cm³/mol. The highest BCUT2D eigenvalue weighted by Gasteiger charge is 2.35. The van der Waals surface area contributed by atoms with Crippen LogP contribution in [0.2, 0.25) is 5.15 Å². The zero-order valence-corrected chi connectivity index (χ0v) is 13.8. The molecular weight excluding hydrogens is 346 g/mol. The molecule has 8 nitrogen and oxygen atoms in total. The van der Waals surface area contributed by atoms with Crippen molar-refractivity contribution in [3.63, 3.8) is 0 Å². The summed E-state index contributed by atoms with van der Waals surface area (Å²) in [5.74, 6) is -0.226. The molecule has 0 unspecified atom stereocenters. The zero-order valence-electron chi connectivity index (χ0n) is 12.2. The minimum absolute atomic E-state index is 0.0687. The van der Waals surface area contributed by atoms with Crippen molar-refractivity contribution in [2.45, 2.75) is 12.5 Å². The van der Waals surface area contributed by atoms with Gasteiger partial charge in [-0.05, 0) is 12.1 Å². The van der Waals surface area contributed by atoms with Gasteiger partial charge >= 0.3 is 10.3 Å². The minimum Gasteiger partial charge on any atom is -0.378 e. The van der Waals surface area contributed by atoms with Crippen LogP contribution in [0.5, 0.6) is 0 Å². The van der Waals surface area contributed by atoms with E-state index >= 15 is 0 Å². The monoisotopic (exact) mass is 361 g/mol. The lowest BCUT2D eigenvalue weighted by atomic mass is 10.0. The second kappa shape index (κ2) is 6.33. The van der Waals surface area contributed by atoms with Crippen LogP contribution in [0.15, 0.2) is 12.1 Å². The molecule has 126 valence electrons. The first-order valence-electron chi connectivity index (χ1n) is 7.13. The third-order valence-electron chi connectivity index (χ3n) is 3.98. The quantitative estimate of drug-likeness (QED) is 0.611. The summed E-state index contributed by atoms with van der Waals surface area (Å²) < 4.78 is 38.5. The molecule has 0 aromatic carbocycles. The van der Waals surface area contributed by atoms with Gasteiger partial charge in [0.15, 0.2) is 0 Å². The zero-order chi connectivity index (χ0) is 16.6. The number of pyridine rings is 1. The van der Waals surface area contributed by atoms with Crippen molar-refractivity contribution in [2.75, 3.05) is 32.8 Å². The fraction of sp³-hybridized carbons (Fsp3) is 0.538. The van der Waals surface area contributed by atoms with Gasteiger partial charge in [0.25, 0.3) is 5.91 Å². The molecule has 1 amide bonds. The van der Waals surface area contributed by atoms with Crippen LogP contribution < -0.4 is 0 Å². The SMILES string of the molecule is O=C1c2ccc(Cl)nc2CCN1C[C@H]1COCCN1S(=O)(=O)O. The van der Waals surface area contributed by atoms with Gasteiger partial charge in [0.2, 0.25) is 0 Å². The number of ether oxygens (including phenoxy) is 1. The van der Waals surface area contributed by atoms with Crippen molar-refractivity contribution in [3.05, 3.63) is 28.5 Å². The van der Waals surface area contributed by atoms with Crippen LogP contribution in [-0.4, -0.2) is 72.0 Å². The number of morpholine rings is 1. The van der Waals surface area contributed by atoms with Crippen LogP contribution in [0.25, 0.3) is 0 Å². The minimum atomic E-state index is -4.32. The van der Waals surface area contributed by atoms with E-state index in [1.54, 1.807) is 17.0 Å². The van der Waals surface area contributed by atoms with Crippen LogP contribution in [0, 0.1) is 0 Å². The number of halogens is 1. The van der Waals surface area contributed by atoms with Gasteiger partial charge < -0.3 is 9.64 Å². The third kappa shape index (κ3) is 3.48. The molecule has 0 aliphatic carbocycles. The number of aromatic nitrogens is 1. The Bertz CT molecular complexity index is 726. The number of hydrogen-bond acceptors (Lipinski definition) is 5. The molecule has 2 aliphatic rings. The summed E-state index contributed by atoms with van der Waals surface area (Å²) in [7, 11) is -4.32. The van der Waals surface area contributed by atoms with Crippen LogP contribution >= 0.6 is 11.6 Å². The maximum Gasteiger partial charge on any atom is 0.336 e. The molecule has 3 rings (SSSR count). The van der Waals surface area contributed by atoms with Gasteiger partial charge in [-0.25, -0.2) is 4.98 Å². The predicted octanol–water partition coefficient (Wildman–Crippen LogP) is 0.237. The summed E-state index contributed by atoms with van der Waals surface area (Å²) in [5, 5.41) is 0.336. The molecule has 1 atom stereocenters. The Morgan fingerprint density at radius 2 is 2.17 bits per heavy atom. The molecule has 0 saturated carbocycles. The average Bonchev–Trinajstić information content (AvgIpc) is 2.49. The van der Waals surface area contributed by atoms with Gasteiger partial charge in [-0.2, -0.15) is 12.7 Å². The maximum atomic E-state index is 12.5. The normalized spacial score (nSPS) is 23.0. The molecule has 23 heavy (non-hydrogen) atoms. The number of carbonyl (C=O) groups excluding carboxylic acids is 1. The molecule has 1 fully saturated rings. The molecule has 1 aromatic rings. The van der Waals surface area contributed by atoms with E-state index in [0.717, 1.165) is 4.31 Å². The van der Waals surface area contributed by atoms with Crippen molar-refractivity contribution in [1.29, 1.82) is 0 Å². The van der Waals surface area contributed by atoms with Gasteiger partial charge in [-0.15, -0.1) is 0 Å². The number of nitrogens with zero attached hydrogens (tertiary/aromatic N) is 3. The summed E-state index contributed by atoms with van der Waals surface area (Å²) in [6, 6.07) is 2.57. The second-order valence-electron chi connectivity index (χ2n) is 5.45. The van der Waals surface area contributed by atoms with Gasteiger partial charge in [-0.1, -0.05) is 11.6 Å². The van der Waals surface area contributed by atoms with E-state index < -0.39 is 16.3 Å². The number of carbonyl (C=O) groups is 1. The van der Waals surface area contributed by atoms with Crippen LogP contribution in [0.4, 0.5) is 0 Å². The van der Waals surface area contributed by atoms with E-state index in [2.05, 4.69) is 4.98 Å². The summed E-state index contributed by atoms with van der Waals surface area (Å²) in [6.07, 6.45) is 0.543. The van der Waals surface area contributed by atoms with E-state index in [1.807, 2.05) is 0 Å². The molecule has 0 spiro atoms. The highest BCUT2D eigenvalue weighted by atomic mass is 35.5. The van der Waals surface area contributed by atoms with Gasteiger partial charge in [0.05, 0.1) is 30.5 Å². The summed E-state index contributed by atoms with van der Waals surface area (Å²) in [5.41, 5.74) is 1.11. The fourth-order valence-corrected chi connectivity index (χ4v) is 3.86. The van der Waals surface area contributed by atoms with E-state index in [9.17, 15) is 17.8 Å². The average molecular weight is 362 g/mol. The first kappa shape index (κ1) is 16.6.